The third kappa shape index (κ3) is 10.3. The van der Waals surface area contributed by atoms with Crippen LogP contribution in [0.25, 0.3) is 11.1 Å². The molecule has 0 aliphatic heterocycles. The topological polar surface area (TPSA) is 105 Å². The first-order chi connectivity index (χ1) is 21.8. The lowest BCUT2D eigenvalue weighted by Crippen LogP contribution is -2.48. The zero-order chi connectivity index (χ0) is 32.0. The quantitative estimate of drug-likeness (QED) is 0.163. The van der Waals surface area contributed by atoms with Crippen LogP contribution in [0.3, 0.4) is 0 Å². The summed E-state index contributed by atoms with van der Waals surface area (Å²) in [5.41, 5.74) is 4.23. The summed E-state index contributed by atoms with van der Waals surface area (Å²) in [6.45, 7) is 3.94. The summed E-state index contributed by atoms with van der Waals surface area (Å²) in [6, 6.07) is 34.4. The molecule has 234 valence electrons. The van der Waals surface area contributed by atoms with Crippen molar-refractivity contribution in [1.82, 2.24) is 10.2 Å². The predicted octanol–water partition coefficient (Wildman–Crippen LogP) is 6.30. The molecule has 0 aliphatic carbocycles. The molecule has 0 fully saturated rings. The summed E-state index contributed by atoms with van der Waals surface area (Å²) < 4.78 is 10.9. The molecule has 2 atom stereocenters. The van der Waals surface area contributed by atoms with Gasteiger partial charge in [-0.05, 0) is 33.7 Å². The fourth-order valence-electron chi connectivity index (χ4n) is 4.72. The summed E-state index contributed by atoms with van der Waals surface area (Å²) in [6.07, 6.45) is -1.84. The average Bonchev–Trinajstić information content (AvgIpc) is 3.08. The number of urea groups is 1. The average molecular weight is 609 g/mol. The lowest BCUT2D eigenvalue weighted by atomic mass is 9.97. The van der Waals surface area contributed by atoms with E-state index in [1.54, 1.807) is 0 Å². The molecule has 0 bridgehead atoms. The Morgan fingerprint density at radius 3 is 1.78 bits per heavy atom. The Hall–Kier alpha value is -4.95. The number of aliphatic hydroxyl groups excluding tert-OH is 1. The van der Waals surface area contributed by atoms with E-state index in [4.69, 9.17) is 9.47 Å². The number of carbonyl (C=O) groups excluding carboxylic acids is 3. The number of nitrogens with zero attached hydrogens (tertiary/aromatic N) is 1. The number of benzene rings is 4. The number of amides is 2. The van der Waals surface area contributed by atoms with Gasteiger partial charge in [-0.1, -0.05) is 129 Å². The van der Waals surface area contributed by atoms with Crippen molar-refractivity contribution in [1.29, 1.82) is 0 Å². The molecular formula is C37H40N2O6. The fourth-order valence-corrected chi connectivity index (χ4v) is 4.72. The van der Waals surface area contributed by atoms with Crippen molar-refractivity contribution in [3.05, 3.63) is 132 Å². The molecule has 0 aromatic heterocycles. The number of hydrogen-bond donors (Lipinski definition) is 2. The molecule has 0 radical (unpaired) electrons. The minimum atomic E-state index is -1.65. The summed E-state index contributed by atoms with van der Waals surface area (Å²) in [7, 11) is 0. The zero-order valence-electron chi connectivity index (χ0n) is 25.7. The van der Waals surface area contributed by atoms with Gasteiger partial charge in [0.1, 0.15) is 13.2 Å². The highest BCUT2D eigenvalue weighted by molar-refractivity contribution is 5.79. The van der Waals surface area contributed by atoms with E-state index in [2.05, 4.69) is 5.32 Å². The van der Waals surface area contributed by atoms with Crippen LogP contribution in [-0.2, 0) is 32.3 Å². The highest BCUT2D eigenvalue weighted by Gasteiger charge is 2.32. The molecule has 0 saturated carbocycles. The number of rotatable bonds is 14. The first-order valence-corrected chi connectivity index (χ1v) is 15.1. The number of hydrogen-bond acceptors (Lipinski definition) is 6. The largest absolute Gasteiger partial charge is 0.461 e. The molecule has 0 spiro atoms. The van der Waals surface area contributed by atoms with Crippen molar-refractivity contribution in [2.24, 2.45) is 5.92 Å². The molecule has 0 aliphatic rings. The van der Waals surface area contributed by atoms with E-state index in [0.717, 1.165) is 22.3 Å². The van der Waals surface area contributed by atoms with E-state index in [0.29, 0.717) is 12.1 Å². The maximum absolute atomic E-state index is 13.6. The van der Waals surface area contributed by atoms with Crippen molar-refractivity contribution < 1.29 is 29.0 Å². The zero-order valence-corrected chi connectivity index (χ0v) is 25.7. The first-order valence-electron chi connectivity index (χ1n) is 15.1. The van der Waals surface area contributed by atoms with E-state index < -0.39 is 36.7 Å². The number of carbonyl (C=O) groups is 3. The van der Waals surface area contributed by atoms with Crippen LogP contribution in [-0.4, -0.2) is 47.2 Å². The molecule has 4 aromatic carbocycles. The Morgan fingerprint density at radius 2 is 1.22 bits per heavy atom. The van der Waals surface area contributed by atoms with Crippen molar-refractivity contribution in [2.45, 2.75) is 45.6 Å². The van der Waals surface area contributed by atoms with Gasteiger partial charge in [0, 0.05) is 6.54 Å². The maximum Gasteiger partial charge on any atom is 0.337 e. The van der Waals surface area contributed by atoms with Crippen LogP contribution < -0.4 is 5.32 Å². The van der Waals surface area contributed by atoms with Crippen LogP contribution >= 0.6 is 0 Å². The maximum atomic E-state index is 13.6. The summed E-state index contributed by atoms with van der Waals surface area (Å²) in [4.78, 5) is 41.1. The third-order valence-corrected chi connectivity index (χ3v) is 7.17. The summed E-state index contributed by atoms with van der Waals surface area (Å²) in [5, 5.41) is 13.8. The Kier molecular flexibility index (Phi) is 12.3. The van der Waals surface area contributed by atoms with Crippen LogP contribution in [0.4, 0.5) is 4.79 Å². The fraction of sp³-hybridized carbons (Fsp3) is 0.270. The van der Waals surface area contributed by atoms with Gasteiger partial charge < -0.3 is 24.8 Å². The molecule has 45 heavy (non-hydrogen) atoms. The van der Waals surface area contributed by atoms with Crippen molar-refractivity contribution in [2.75, 3.05) is 13.1 Å². The molecule has 2 amide bonds. The standard InChI is InChI=1S/C37H40N2O6/c1-27(2)23-38-37(43)39(24-34(40)36(42)45-26-29-14-8-4-9-15-29)33(22-35(41)44-25-28-12-6-3-7-13-28)32-20-18-31(19-21-32)30-16-10-5-11-17-30/h3-21,27,33-34,40H,22-26H2,1-2H3,(H,38,43). The molecule has 8 nitrogen and oxygen atoms in total. The van der Waals surface area contributed by atoms with Gasteiger partial charge in [0.05, 0.1) is 19.0 Å². The monoisotopic (exact) mass is 608 g/mol. The normalized spacial score (nSPS) is 12.2. The van der Waals surface area contributed by atoms with Crippen molar-refractivity contribution in [3.8, 4) is 11.1 Å². The van der Waals surface area contributed by atoms with Gasteiger partial charge in [-0.2, -0.15) is 0 Å². The molecule has 0 heterocycles. The highest BCUT2D eigenvalue weighted by Crippen LogP contribution is 2.29. The second kappa shape index (κ2) is 16.8. The molecule has 4 aromatic rings. The van der Waals surface area contributed by atoms with Crippen molar-refractivity contribution in [3.63, 3.8) is 0 Å². The van der Waals surface area contributed by atoms with Gasteiger partial charge >= 0.3 is 18.0 Å². The van der Waals surface area contributed by atoms with Crippen LogP contribution in [0.2, 0.25) is 0 Å². The molecule has 8 heteroatoms. The SMILES string of the molecule is CC(C)CNC(=O)N(CC(O)C(=O)OCc1ccccc1)C(CC(=O)OCc1ccccc1)c1ccc(-c2ccccc2)cc1. The Labute approximate surface area is 264 Å². The van der Waals surface area contributed by atoms with Gasteiger partial charge in [-0.25, -0.2) is 9.59 Å². The Bertz CT molecular complexity index is 1490. The summed E-state index contributed by atoms with van der Waals surface area (Å²) in [5.74, 6) is -1.25. The summed E-state index contributed by atoms with van der Waals surface area (Å²) >= 11 is 0. The Morgan fingerprint density at radius 1 is 0.711 bits per heavy atom. The minimum Gasteiger partial charge on any atom is -0.461 e. The van der Waals surface area contributed by atoms with Gasteiger partial charge in [0.2, 0.25) is 0 Å². The van der Waals surface area contributed by atoms with Gasteiger partial charge in [0.15, 0.2) is 6.10 Å². The molecule has 4 rings (SSSR count). The number of aliphatic hydroxyl groups is 1. The van der Waals surface area contributed by atoms with E-state index in [-0.39, 0.29) is 25.6 Å². The van der Waals surface area contributed by atoms with E-state index in [1.807, 2.05) is 129 Å². The van der Waals surface area contributed by atoms with Gasteiger partial charge in [-0.15, -0.1) is 0 Å². The van der Waals surface area contributed by atoms with Crippen LogP contribution in [0.5, 0.6) is 0 Å². The van der Waals surface area contributed by atoms with E-state index in [1.165, 1.54) is 4.90 Å². The van der Waals surface area contributed by atoms with Crippen molar-refractivity contribution >= 4 is 18.0 Å². The smallest absolute Gasteiger partial charge is 0.337 e. The lowest BCUT2D eigenvalue weighted by molar-refractivity contribution is -0.155. The van der Waals surface area contributed by atoms with Gasteiger partial charge in [-0.3, -0.25) is 4.79 Å². The number of nitrogens with one attached hydrogen (secondary N) is 1. The number of esters is 2. The van der Waals surface area contributed by atoms with Gasteiger partial charge in [0.25, 0.3) is 0 Å². The second-order valence-electron chi connectivity index (χ2n) is 11.2. The molecule has 2 unspecified atom stereocenters. The molecule has 2 N–H and O–H groups in total. The van der Waals surface area contributed by atoms with E-state index >= 15 is 0 Å². The van der Waals surface area contributed by atoms with E-state index in [9.17, 15) is 19.5 Å². The van der Waals surface area contributed by atoms with Crippen LogP contribution in [0.15, 0.2) is 115 Å². The predicted molar refractivity (Wildman–Crippen MR) is 173 cm³/mol. The first kappa shape index (κ1) is 33.0. The van der Waals surface area contributed by atoms with Crippen LogP contribution in [0, 0.1) is 5.92 Å². The molecular weight excluding hydrogens is 568 g/mol. The number of ether oxygens (including phenoxy) is 2. The molecule has 0 saturated heterocycles. The van der Waals surface area contributed by atoms with Crippen LogP contribution in [0.1, 0.15) is 43.0 Å². The minimum absolute atomic E-state index is 0.0214. The Balaban J connectivity index is 1.59. The third-order valence-electron chi connectivity index (χ3n) is 7.17. The second-order valence-corrected chi connectivity index (χ2v) is 11.2. The highest BCUT2D eigenvalue weighted by atomic mass is 16.5. The lowest BCUT2D eigenvalue weighted by Gasteiger charge is -2.33.